The van der Waals surface area contributed by atoms with E-state index in [4.69, 9.17) is 0 Å². The van der Waals surface area contributed by atoms with Gasteiger partial charge >= 0.3 is 5.97 Å². The topological polar surface area (TPSA) is 75.6 Å². The van der Waals surface area contributed by atoms with Gasteiger partial charge in [0, 0.05) is 0 Å². The molecule has 1 aromatic carbocycles. The zero-order valence-corrected chi connectivity index (χ0v) is 11.6. The second-order valence-electron chi connectivity index (χ2n) is 4.56. The summed E-state index contributed by atoms with van der Waals surface area (Å²) in [6, 6.07) is 7.65. The Kier molecular flexibility index (Phi) is 5.93. The van der Waals surface area contributed by atoms with E-state index in [1.807, 2.05) is 0 Å². The Hall–Kier alpha value is -2.14. The molecule has 0 aromatic heterocycles. The van der Waals surface area contributed by atoms with Crippen LogP contribution in [0.15, 0.2) is 42.5 Å². The largest absolute Gasteiger partial charge is 0.467 e. The monoisotopic (exact) mass is 277 g/mol. The van der Waals surface area contributed by atoms with Gasteiger partial charge in [0.05, 0.1) is 7.11 Å². The van der Waals surface area contributed by atoms with Crippen molar-refractivity contribution in [2.75, 3.05) is 7.11 Å². The number of benzene rings is 1. The van der Waals surface area contributed by atoms with Crippen molar-refractivity contribution in [3.63, 3.8) is 0 Å². The first-order chi connectivity index (χ1) is 9.45. The Bertz CT molecular complexity index is 484. The molecule has 108 valence electrons. The van der Waals surface area contributed by atoms with E-state index in [1.54, 1.807) is 37.3 Å². The number of carbonyl (C=O) groups is 2. The van der Waals surface area contributed by atoms with Crippen LogP contribution in [-0.2, 0) is 14.3 Å². The van der Waals surface area contributed by atoms with Gasteiger partial charge in [-0.05, 0) is 18.9 Å². The summed E-state index contributed by atoms with van der Waals surface area (Å²) in [4.78, 5) is 23.5. The highest BCUT2D eigenvalue weighted by Crippen LogP contribution is 2.13. The zero-order valence-electron chi connectivity index (χ0n) is 11.6. The molecule has 1 amide bonds. The summed E-state index contributed by atoms with van der Waals surface area (Å²) >= 11 is 0. The van der Waals surface area contributed by atoms with E-state index >= 15 is 0 Å². The minimum absolute atomic E-state index is 0.264. The number of amides is 1. The van der Waals surface area contributed by atoms with Crippen molar-refractivity contribution in [3.8, 4) is 0 Å². The molecule has 0 saturated heterocycles. The maximum atomic E-state index is 12.0. The molecular weight excluding hydrogens is 258 g/mol. The molecule has 0 aliphatic carbocycles. The third kappa shape index (κ3) is 4.51. The van der Waals surface area contributed by atoms with Crippen molar-refractivity contribution < 1.29 is 19.4 Å². The summed E-state index contributed by atoms with van der Waals surface area (Å²) in [6.45, 7) is 5.45. The van der Waals surface area contributed by atoms with Gasteiger partial charge in [-0.15, -0.1) is 6.58 Å². The number of nitrogens with one attached hydrogen (secondary N) is 1. The van der Waals surface area contributed by atoms with Crippen LogP contribution in [0, 0.1) is 0 Å². The van der Waals surface area contributed by atoms with Gasteiger partial charge in [0.1, 0.15) is 6.04 Å². The van der Waals surface area contributed by atoms with E-state index < -0.39 is 24.0 Å². The van der Waals surface area contributed by atoms with Crippen LogP contribution in [0.25, 0.3) is 0 Å². The van der Waals surface area contributed by atoms with Crippen molar-refractivity contribution >= 4 is 11.9 Å². The molecule has 5 heteroatoms. The van der Waals surface area contributed by atoms with Crippen molar-refractivity contribution in [1.82, 2.24) is 5.32 Å². The van der Waals surface area contributed by atoms with Crippen molar-refractivity contribution in [3.05, 3.63) is 48.0 Å². The molecule has 0 aliphatic heterocycles. The maximum Gasteiger partial charge on any atom is 0.328 e. The fourth-order valence-corrected chi connectivity index (χ4v) is 1.72. The van der Waals surface area contributed by atoms with Gasteiger partial charge in [-0.25, -0.2) is 4.79 Å². The highest BCUT2D eigenvalue weighted by molar-refractivity contribution is 5.87. The molecular formula is C15H19NO4. The van der Waals surface area contributed by atoms with Gasteiger partial charge in [-0.1, -0.05) is 35.9 Å². The second kappa shape index (κ2) is 7.45. The summed E-state index contributed by atoms with van der Waals surface area (Å²) in [6.07, 6.45) is -1.06. The number of aliphatic hydroxyl groups is 1. The molecule has 5 nitrogen and oxygen atoms in total. The van der Waals surface area contributed by atoms with E-state index in [2.05, 4.69) is 16.6 Å². The fourth-order valence-electron chi connectivity index (χ4n) is 1.72. The molecule has 20 heavy (non-hydrogen) atoms. The molecule has 1 aromatic rings. The normalized spacial score (nSPS) is 13.2. The van der Waals surface area contributed by atoms with Crippen molar-refractivity contribution in [2.24, 2.45) is 0 Å². The van der Waals surface area contributed by atoms with E-state index in [0.29, 0.717) is 5.56 Å². The lowest BCUT2D eigenvalue weighted by Gasteiger charge is -2.19. The van der Waals surface area contributed by atoms with Gasteiger partial charge in [0.2, 0.25) is 0 Å². The Labute approximate surface area is 118 Å². The van der Waals surface area contributed by atoms with Gasteiger partial charge in [-0.3, -0.25) is 4.79 Å². The first kappa shape index (κ1) is 15.9. The van der Waals surface area contributed by atoms with Gasteiger partial charge in [0.15, 0.2) is 6.10 Å². The SMILES string of the molecule is C=C(C)C[C@@H](NC(=O)[C@@H](O)c1ccccc1)C(=O)OC. The standard InChI is InChI=1S/C15H19NO4/c1-10(2)9-12(15(19)20-3)16-14(18)13(17)11-7-5-4-6-8-11/h4-8,12-13,17H,1,9H2,2-3H3,(H,16,18)/t12-,13+/m1/s1. The van der Waals surface area contributed by atoms with Crippen LogP contribution in [0.3, 0.4) is 0 Å². The summed E-state index contributed by atoms with van der Waals surface area (Å²) in [7, 11) is 1.24. The molecule has 0 unspecified atom stereocenters. The lowest BCUT2D eigenvalue weighted by molar-refractivity contribution is -0.146. The molecule has 2 N–H and O–H groups in total. The van der Waals surface area contributed by atoms with Crippen molar-refractivity contribution in [1.29, 1.82) is 0 Å². The van der Waals surface area contributed by atoms with E-state index in [0.717, 1.165) is 5.57 Å². The molecule has 0 fully saturated rings. The Morgan fingerprint density at radius 3 is 2.45 bits per heavy atom. The highest BCUT2D eigenvalue weighted by atomic mass is 16.5. The smallest absolute Gasteiger partial charge is 0.328 e. The number of hydrogen-bond donors (Lipinski definition) is 2. The number of esters is 1. The van der Waals surface area contributed by atoms with E-state index in [-0.39, 0.29) is 6.42 Å². The first-order valence-electron chi connectivity index (χ1n) is 6.21. The summed E-state index contributed by atoms with van der Waals surface area (Å²) in [5.41, 5.74) is 1.19. The van der Waals surface area contributed by atoms with E-state index in [9.17, 15) is 14.7 Å². The number of methoxy groups -OCH3 is 1. The molecule has 0 saturated carbocycles. The van der Waals surface area contributed by atoms with Gasteiger partial charge in [-0.2, -0.15) is 0 Å². The van der Waals surface area contributed by atoms with Gasteiger partial charge < -0.3 is 15.2 Å². The second-order valence-corrected chi connectivity index (χ2v) is 4.56. The maximum absolute atomic E-state index is 12.0. The predicted octanol–water partition coefficient (Wildman–Crippen LogP) is 1.34. The molecule has 0 aliphatic rings. The van der Waals surface area contributed by atoms with Crippen LogP contribution >= 0.6 is 0 Å². The minimum Gasteiger partial charge on any atom is -0.467 e. The van der Waals surface area contributed by atoms with Crippen molar-refractivity contribution in [2.45, 2.75) is 25.5 Å². The third-order valence-corrected chi connectivity index (χ3v) is 2.72. The summed E-state index contributed by atoms with van der Waals surface area (Å²) < 4.78 is 4.62. The highest BCUT2D eigenvalue weighted by Gasteiger charge is 2.25. The molecule has 0 spiro atoms. The predicted molar refractivity (Wildman–Crippen MR) is 74.8 cm³/mol. The first-order valence-corrected chi connectivity index (χ1v) is 6.21. The van der Waals surface area contributed by atoms with Crippen LogP contribution in [0.4, 0.5) is 0 Å². The number of carbonyl (C=O) groups excluding carboxylic acids is 2. The number of aliphatic hydroxyl groups excluding tert-OH is 1. The minimum atomic E-state index is -1.33. The molecule has 0 radical (unpaired) electrons. The number of ether oxygens (including phenoxy) is 1. The quantitative estimate of drug-likeness (QED) is 0.608. The number of hydrogen-bond acceptors (Lipinski definition) is 4. The Morgan fingerprint density at radius 2 is 1.95 bits per heavy atom. The van der Waals surface area contributed by atoms with Gasteiger partial charge in [0.25, 0.3) is 5.91 Å². The third-order valence-electron chi connectivity index (χ3n) is 2.72. The van der Waals surface area contributed by atoms with Crippen LogP contribution in [-0.4, -0.2) is 30.1 Å². The number of rotatable bonds is 6. The summed E-state index contributed by atoms with van der Waals surface area (Å²) in [5, 5.41) is 12.4. The van der Waals surface area contributed by atoms with Crippen LogP contribution in [0.5, 0.6) is 0 Å². The zero-order chi connectivity index (χ0) is 15.1. The van der Waals surface area contributed by atoms with Crippen LogP contribution in [0.1, 0.15) is 25.0 Å². The summed E-state index contributed by atoms with van der Waals surface area (Å²) in [5.74, 6) is -1.21. The van der Waals surface area contributed by atoms with Crippen LogP contribution in [0.2, 0.25) is 0 Å². The average molecular weight is 277 g/mol. The van der Waals surface area contributed by atoms with E-state index in [1.165, 1.54) is 7.11 Å². The van der Waals surface area contributed by atoms with Crippen LogP contribution < -0.4 is 5.32 Å². The fraction of sp³-hybridized carbons (Fsp3) is 0.333. The molecule has 1 rings (SSSR count). The molecule has 2 atom stereocenters. The Balaban J connectivity index is 2.75. The lowest BCUT2D eigenvalue weighted by atomic mass is 10.1. The molecule has 0 bridgehead atoms. The average Bonchev–Trinajstić information content (AvgIpc) is 2.45. The lowest BCUT2D eigenvalue weighted by Crippen LogP contribution is -2.43. The Morgan fingerprint density at radius 1 is 1.35 bits per heavy atom. The molecule has 0 heterocycles.